The van der Waals surface area contributed by atoms with Crippen molar-refractivity contribution >= 4 is 6.09 Å². The van der Waals surface area contributed by atoms with Crippen LogP contribution in [-0.2, 0) is 29.1 Å². The van der Waals surface area contributed by atoms with Crippen molar-refractivity contribution in [2.45, 2.75) is 19.6 Å². The lowest BCUT2D eigenvalue weighted by molar-refractivity contribution is 0.0502. The van der Waals surface area contributed by atoms with Crippen LogP contribution in [0.1, 0.15) is 16.7 Å². The minimum absolute atomic E-state index is 0.222. The van der Waals surface area contributed by atoms with Crippen LogP contribution in [-0.4, -0.2) is 68.4 Å². The zero-order chi connectivity index (χ0) is 17.5. The van der Waals surface area contributed by atoms with Crippen molar-refractivity contribution in [3.8, 4) is 0 Å². The molecule has 0 aromatic heterocycles. The Balaban J connectivity index is 1.30. The van der Waals surface area contributed by atoms with Crippen LogP contribution in [0.2, 0.25) is 0 Å². The Labute approximate surface area is 149 Å². The Morgan fingerprint density at radius 1 is 1.04 bits per heavy atom. The number of amides is 1. The summed E-state index contributed by atoms with van der Waals surface area (Å²) in [5, 5.41) is 3.40. The van der Waals surface area contributed by atoms with E-state index >= 15 is 0 Å². The molecule has 138 valence electrons. The number of benzene rings is 1. The van der Waals surface area contributed by atoms with Crippen LogP contribution >= 0.6 is 0 Å². The second kappa shape index (κ2) is 9.15. The number of carbonyl (C=O) groups excluding carboxylic acids is 1. The average Bonchev–Trinajstić information content (AvgIpc) is 3.07. The highest BCUT2D eigenvalue weighted by atomic mass is 16.6. The number of rotatable bonds is 8. The maximum absolute atomic E-state index is 10.4. The minimum atomic E-state index is -0.751. The van der Waals surface area contributed by atoms with Crippen molar-refractivity contribution in [3.05, 3.63) is 34.9 Å². The Hall–Kier alpha value is -1.67. The average molecular weight is 348 g/mol. The third kappa shape index (κ3) is 5.67. The van der Waals surface area contributed by atoms with Gasteiger partial charge in [-0.1, -0.05) is 18.2 Å². The molecule has 2 aliphatic heterocycles. The summed E-state index contributed by atoms with van der Waals surface area (Å²) >= 11 is 0. The molecule has 1 fully saturated rings. The van der Waals surface area contributed by atoms with Crippen molar-refractivity contribution in [1.29, 1.82) is 0 Å². The predicted octanol–water partition coefficient (Wildman–Crippen LogP) is 0.519. The molecule has 7 heteroatoms. The molecule has 2 aliphatic rings. The minimum Gasteiger partial charge on any atom is -0.447 e. The number of ether oxygens (including phenoxy) is 2. The summed E-state index contributed by atoms with van der Waals surface area (Å²) < 4.78 is 10.1. The summed E-state index contributed by atoms with van der Waals surface area (Å²) in [6.07, 6.45) is -0.751. The standard InChI is InChI=1S/C18H28N4O3/c19-18(23)25-10-9-24-8-7-21-3-5-22(6-4-21)14-15-1-2-16-12-20-13-17(16)11-15/h1-2,11,20H,3-10,12-14H2,(H2,19,23). The molecule has 0 radical (unpaired) electrons. The fourth-order valence-corrected chi connectivity index (χ4v) is 3.37. The molecular formula is C18H28N4O3. The number of hydrogen-bond donors (Lipinski definition) is 2. The Morgan fingerprint density at radius 3 is 2.60 bits per heavy atom. The molecule has 0 atom stereocenters. The van der Waals surface area contributed by atoms with E-state index < -0.39 is 6.09 Å². The van der Waals surface area contributed by atoms with Gasteiger partial charge in [0.25, 0.3) is 0 Å². The van der Waals surface area contributed by atoms with Gasteiger partial charge in [0.05, 0.1) is 13.2 Å². The molecule has 0 aliphatic carbocycles. The lowest BCUT2D eigenvalue weighted by Gasteiger charge is -2.34. The van der Waals surface area contributed by atoms with Gasteiger partial charge in [0.2, 0.25) is 0 Å². The first-order valence-electron chi connectivity index (χ1n) is 8.97. The molecule has 1 aromatic carbocycles. The van der Waals surface area contributed by atoms with E-state index in [1.807, 2.05) is 0 Å². The quantitative estimate of drug-likeness (QED) is 0.667. The van der Waals surface area contributed by atoms with Crippen LogP contribution in [0.5, 0.6) is 0 Å². The van der Waals surface area contributed by atoms with Crippen molar-refractivity contribution in [1.82, 2.24) is 15.1 Å². The lowest BCUT2D eigenvalue weighted by Crippen LogP contribution is -2.46. The second-order valence-corrected chi connectivity index (χ2v) is 6.60. The zero-order valence-electron chi connectivity index (χ0n) is 14.7. The molecule has 0 spiro atoms. The fourth-order valence-electron chi connectivity index (χ4n) is 3.37. The highest BCUT2D eigenvalue weighted by Crippen LogP contribution is 2.18. The van der Waals surface area contributed by atoms with Crippen molar-refractivity contribution in [2.24, 2.45) is 5.73 Å². The summed E-state index contributed by atoms with van der Waals surface area (Å²) in [5.74, 6) is 0. The molecule has 7 nitrogen and oxygen atoms in total. The van der Waals surface area contributed by atoms with E-state index in [4.69, 9.17) is 10.5 Å². The normalized spacial score (nSPS) is 18.2. The Kier molecular flexibility index (Phi) is 6.63. The van der Waals surface area contributed by atoms with Crippen LogP contribution in [0.25, 0.3) is 0 Å². The van der Waals surface area contributed by atoms with Gasteiger partial charge in [0.15, 0.2) is 0 Å². The number of piperazine rings is 1. The number of nitrogens with two attached hydrogens (primary N) is 1. The van der Waals surface area contributed by atoms with Crippen LogP contribution in [0.3, 0.4) is 0 Å². The molecule has 3 rings (SSSR count). The molecule has 3 N–H and O–H groups in total. The molecule has 1 amide bonds. The number of hydrogen-bond acceptors (Lipinski definition) is 6. The predicted molar refractivity (Wildman–Crippen MR) is 95.1 cm³/mol. The van der Waals surface area contributed by atoms with E-state index in [0.717, 1.165) is 52.4 Å². The topological polar surface area (TPSA) is 80.1 Å². The highest BCUT2D eigenvalue weighted by Gasteiger charge is 2.17. The summed E-state index contributed by atoms with van der Waals surface area (Å²) in [6.45, 7) is 9.51. The first-order chi connectivity index (χ1) is 12.2. The molecule has 0 saturated carbocycles. The van der Waals surface area contributed by atoms with Crippen LogP contribution in [0.4, 0.5) is 4.79 Å². The van der Waals surface area contributed by atoms with Gasteiger partial charge in [-0.25, -0.2) is 4.79 Å². The van der Waals surface area contributed by atoms with Crippen molar-refractivity contribution in [2.75, 3.05) is 52.5 Å². The monoisotopic (exact) mass is 348 g/mol. The van der Waals surface area contributed by atoms with Gasteiger partial charge in [0.1, 0.15) is 6.61 Å². The van der Waals surface area contributed by atoms with Gasteiger partial charge in [-0.15, -0.1) is 0 Å². The number of carbonyl (C=O) groups is 1. The molecule has 2 heterocycles. The molecule has 1 saturated heterocycles. The van der Waals surface area contributed by atoms with Gasteiger partial charge in [-0.3, -0.25) is 9.80 Å². The summed E-state index contributed by atoms with van der Waals surface area (Å²) in [7, 11) is 0. The number of nitrogens with one attached hydrogen (secondary N) is 1. The summed E-state index contributed by atoms with van der Waals surface area (Å²) in [6, 6.07) is 6.88. The maximum Gasteiger partial charge on any atom is 0.404 e. The number of fused-ring (bicyclic) bond motifs is 1. The Morgan fingerprint density at radius 2 is 1.80 bits per heavy atom. The van der Waals surface area contributed by atoms with Gasteiger partial charge in [0, 0.05) is 52.4 Å². The SMILES string of the molecule is NC(=O)OCCOCCN1CCN(Cc2ccc3c(c2)CNC3)CC1. The van der Waals surface area contributed by atoms with E-state index in [-0.39, 0.29) is 6.61 Å². The third-order valence-electron chi connectivity index (χ3n) is 4.80. The van der Waals surface area contributed by atoms with Crippen LogP contribution < -0.4 is 11.1 Å². The van der Waals surface area contributed by atoms with E-state index in [0.29, 0.717) is 13.2 Å². The van der Waals surface area contributed by atoms with E-state index in [2.05, 4.69) is 38.1 Å². The molecule has 0 unspecified atom stereocenters. The smallest absolute Gasteiger partial charge is 0.404 e. The largest absolute Gasteiger partial charge is 0.447 e. The van der Waals surface area contributed by atoms with Gasteiger partial charge in [-0.05, 0) is 16.7 Å². The fraction of sp³-hybridized carbons (Fsp3) is 0.611. The molecule has 25 heavy (non-hydrogen) atoms. The molecular weight excluding hydrogens is 320 g/mol. The van der Waals surface area contributed by atoms with Gasteiger partial charge in [-0.2, -0.15) is 0 Å². The summed E-state index contributed by atoms with van der Waals surface area (Å²) in [4.78, 5) is 15.4. The van der Waals surface area contributed by atoms with E-state index in [9.17, 15) is 4.79 Å². The van der Waals surface area contributed by atoms with Gasteiger partial charge < -0.3 is 20.5 Å². The van der Waals surface area contributed by atoms with E-state index in [1.165, 1.54) is 16.7 Å². The highest BCUT2D eigenvalue weighted by molar-refractivity contribution is 5.64. The number of primary amides is 1. The van der Waals surface area contributed by atoms with Crippen LogP contribution in [0, 0.1) is 0 Å². The van der Waals surface area contributed by atoms with Crippen molar-refractivity contribution in [3.63, 3.8) is 0 Å². The zero-order valence-corrected chi connectivity index (χ0v) is 14.7. The van der Waals surface area contributed by atoms with E-state index in [1.54, 1.807) is 0 Å². The first-order valence-corrected chi connectivity index (χ1v) is 8.97. The molecule has 0 bridgehead atoms. The number of nitrogens with zero attached hydrogens (tertiary/aromatic N) is 2. The van der Waals surface area contributed by atoms with Crippen LogP contribution in [0.15, 0.2) is 18.2 Å². The second-order valence-electron chi connectivity index (χ2n) is 6.60. The molecule has 1 aromatic rings. The third-order valence-corrected chi connectivity index (χ3v) is 4.80. The summed E-state index contributed by atoms with van der Waals surface area (Å²) in [5.41, 5.74) is 9.19. The maximum atomic E-state index is 10.4. The van der Waals surface area contributed by atoms with Gasteiger partial charge >= 0.3 is 6.09 Å². The lowest BCUT2D eigenvalue weighted by atomic mass is 10.1. The first kappa shape index (κ1) is 18.1. The van der Waals surface area contributed by atoms with Crippen molar-refractivity contribution < 1.29 is 14.3 Å². The Bertz CT molecular complexity index is 573.